The van der Waals surface area contributed by atoms with Crippen molar-refractivity contribution >= 4 is 0 Å². The van der Waals surface area contributed by atoms with Gasteiger partial charge in [0.25, 0.3) is 0 Å². The molecule has 0 bridgehead atoms. The lowest BCUT2D eigenvalue weighted by atomic mass is 10.0. The van der Waals surface area contributed by atoms with Crippen molar-refractivity contribution in [3.63, 3.8) is 0 Å². The Morgan fingerprint density at radius 1 is 1.00 bits per heavy atom. The first-order chi connectivity index (χ1) is 7.42. The van der Waals surface area contributed by atoms with Crippen LogP contribution in [-0.4, -0.2) is 23.5 Å². The molecule has 0 aromatic heterocycles. The highest BCUT2D eigenvalue weighted by molar-refractivity contribution is 4.91. The number of unbranched alkanes of at least 4 members (excludes halogenated alkanes) is 4. The molecular weight excluding hydrogens is 182 g/mol. The minimum atomic E-state index is 0.971. The van der Waals surface area contributed by atoms with Crippen molar-refractivity contribution < 1.29 is 0 Å². The van der Waals surface area contributed by atoms with Crippen LogP contribution >= 0.6 is 0 Å². The van der Waals surface area contributed by atoms with Crippen molar-refractivity contribution in [3.05, 3.63) is 0 Å². The van der Waals surface area contributed by atoms with Gasteiger partial charge in [-0.3, -0.25) is 4.90 Å². The van der Waals surface area contributed by atoms with E-state index in [1.54, 1.807) is 0 Å². The van der Waals surface area contributed by atoms with Gasteiger partial charge in [0.15, 0.2) is 0 Å². The van der Waals surface area contributed by atoms with Crippen LogP contribution in [-0.2, 0) is 0 Å². The third kappa shape index (κ3) is 2.96. The van der Waals surface area contributed by atoms with Gasteiger partial charge >= 0.3 is 0 Å². The van der Waals surface area contributed by atoms with Gasteiger partial charge in [-0.15, -0.1) is 0 Å². The summed E-state index contributed by atoms with van der Waals surface area (Å²) >= 11 is 0. The fourth-order valence-electron chi connectivity index (χ4n) is 3.49. The number of rotatable bonds is 6. The monoisotopic (exact) mass is 209 g/mol. The summed E-state index contributed by atoms with van der Waals surface area (Å²) < 4.78 is 0. The molecule has 0 amide bonds. The predicted octanol–water partition coefficient (Wildman–Crippen LogP) is 3.97. The van der Waals surface area contributed by atoms with E-state index in [0.29, 0.717) is 0 Å². The van der Waals surface area contributed by atoms with Crippen molar-refractivity contribution in [2.75, 3.05) is 6.54 Å². The van der Waals surface area contributed by atoms with Gasteiger partial charge in [0.2, 0.25) is 0 Å². The van der Waals surface area contributed by atoms with Gasteiger partial charge in [-0.05, 0) is 38.6 Å². The lowest BCUT2D eigenvalue weighted by Crippen LogP contribution is -2.31. The molecule has 2 saturated heterocycles. The van der Waals surface area contributed by atoms with E-state index in [9.17, 15) is 0 Å². The smallest absolute Gasteiger partial charge is 0.00992 e. The summed E-state index contributed by atoms with van der Waals surface area (Å²) in [5.74, 6) is 0. The number of fused-ring (bicyclic) bond motifs is 1. The molecule has 2 rings (SSSR count). The van der Waals surface area contributed by atoms with Crippen LogP contribution in [0.1, 0.15) is 71.1 Å². The molecule has 2 fully saturated rings. The Morgan fingerprint density at radius 3 is 2.73 bits per heavy atom. The van der Waals surface area contributed by atoms with E-state index in [1.807, 2.05) is 0 Å². The second-order valence-corrected chi connectivity index (χ2v) is 5.47. The van der Waals surface area contributed by atoms with E-state index in [1.165, 1.54) is 70.8 Å². The van der Waals surface area contributed by atoms with E-state index < -0.39 is 0 Å². The maximum absolute atomic E-state index is 2.82. The van der Waals surface area contributed by atoms with Crippen LogP contribution in [0.25, 0.3) is 0 Å². The van der Waals surface area contributed by atoms with Gasteiger partial charge in [-0.25, -0.2) is 0 Å². The van der Waals surface area contributed by atoms with E-state index in [-0.39, 0.29) is 0 Å². The molecule has 2 aliphatic rings. The summed E-state index contributed by atoms with van der Waals surface area (Å²) in [6, 6.07) is 1.96. The lowest BCUT2D eigenvalue weighted by molar-refractivity contribution is 0.231. The van der Waals surface area contributed by atoms with Gasteiger partial charge in [0, 0.05) is 12.1 Å². The third-order valence-electron chi connectivity index (χ3n) is 4.37. The van der Waals surface area contributed by atoms with Crippen LogP contribution in [0.4, 0.5) is 0 Å². The van der Waals surface area contributed by atoms with Gasteiger partial charge < -0.3 is 0 Å². The first-order valence-corrected chi connectivity index (χ1v) is 7.17. The summed E-state index contributed by atoms with van der Waals surface area (Å²) in [4.78, 5) is 2.82. The third-order valence-corrected chi connectivity index (χ3v) is 4.37. The molecule has 0 N–H and O–H groups in total. The normalized spacial score (nSPS) is 31.0. The Bertz CT molecular complexity index is 178. The van der Waals surface area contributed by atoms with Crippen LogP contribution < -0.4 is 0 Å². The molecule has 2 atom stereocenters. The Hall–Kier alpha value is -0.0400. The van der Waals surface area contributed by atoms with Gasteiger partial charge in [-0.1, -0.05) is 39.0 Å². The zero-order valence-electron chi connectivity index (χ0n) is 10.4. The van der Waals surface area contributed by atoms with Crippen molar-refractivity contribution in [2.45, 2.75) is 83.2 Å². The summed E-state index contributed by atoms with van der Waals surface area (Å²) in [7, 11) is 0. The molecule has 15 heavy (non-hydrogen) atoms. The van der Waals surface area contributed by atoms with Crippen LogP contribution in [0.5, 0.6) is 0 Å². The molecule has 2 heterocycles. The minimum Gasteiger partial charge on any atom is -0.297 e. The highest BCUT2D eigenvalue weighted by Crippen LogP contribution is 2.34. The molecule has 0 aromatic rings. The van der Waals surface area contributed by atoms with Crippen molar-refractivity contribution in [3.8, 4) is 0 Å². The average Bonchev–Trinajstić information content (AvgIpc) is 2.81. The molecule has 0 spiro atoms. The molecule has 0 saturated carbocycles. The Morgan fingerprint density at radius 2 is 1.87 bits per heavy atom. The Balaban J connectivity index is 1.59. The average molecular weight is 209 g/mol. The number of hydrogen-bond acceptors (Lipinski definition) is 1. The highest BCUT2D eigenvalue weighted by atomic mass is 15.2. The SMILES string of the molecule is CCCCCCCC1CCC2CCCN12. The fraction of sp³-hybridized carbons (Fsp3) is 1.00. The van der Waals surface area contributed by atoms with E-state index in [2.05, 4.69) is 11.8 Å². The van der Waals surface area contributed by atoms with Gasteiger partial charge in [0.1, 0.15) is 0 Å². The lowest BCUT2D eigenvalue weighted by Gasteiger charge is -2.23. The zero-order valence-corrected chi connectivity index (χ0v) is 10.4. The Labute approximate surface area is 95.2 Å². The highest BCUT2D eigenvalue weighted by Gasteiger charge is 2.35. The van der Waals surface area contributed by atoms with Crippen molar-refractivity contribution in [2.24, 2.45) is 0 Å². The van der Waals surface area contributed by atoms with Crippen LogP contribution in [0.15, 0.2) is 0 Å². The Kier molecular flexibility index (Phi) is 4.49. The first-order valence-electron chi connectivity index (χ1n) is 7.17. The first kappa shape index (κ1) is 11.4. The molecule has 0 radical (unpaired) electrons. The van der Waals surface area contributed by atoms with Crippen LogP contribution in [0, 0.1) is 0 Å². The number of hydrogen-bond donors (Lipinski definition) is 0. The van der Waals surface area contributed by atoms with E-state index >= 15 is 0 Å². The second kappa shape index (κ2) is 5.89. The van der Waals surface area contributed by atoms with E-state index in [0.717, 1.165) is 12.1 Å². The molecule has 2 unspecified atom stereocenters. The second-order valence-electron chi connectivity index (χ2n) is 5.47. The predicted molar refractivity (Wildman–Crippen MR) is 66.1 cm³/mol. The maximum Gasteiger partial charge on any atom is 0.00992 e. The van der Waals surface area contributed by atoms with Gasteiger partial charge in [0.05, 0.1) is 0 Å². The standard InChI is InChI=1S/C14H27N/c1-2-3-4-5-6-8-13-10-11-14-9-7-12-15(13)14/h13-14H,2-12H2,1H3. The summed E-state index contributed by atoms with van der Waals surface area (Å²) in [5.41, 5.74) is 0. The quantitative estimate of drug-likeness (QED) is 0.598. The van der Waals surface area contributed by atoms with Crippen molar-refractivity contribution in [1.29, 1.82) is 0 Å². The molecule has 1 heteroatoms. The maximum atomic E-state index is 2.82. The number of nitrogens with zero attached hydrogens (tertiary/aromatic N) is 1. The topological polar surface area (TPSA) is 3.24 Å². The minimum absolute atomic E-state index is 0.971. The van der Waals surface area contributed by atoms with Crippen molar-refractivity contribution in [1.82, 2.24) is 4.90 Å². The zero-order chi connectivity index (χ0) is 10.5. The summed E-state index contributed by atoms with van der Waals surface area (Å²) in [5, 5.41) is 0. The molecular formula is C14H27N. The van der Waals surface area contributed by atoms with Crippen LogP contribution in [0.3, 0.4) is 0 Å². The van der Waals surface area contributed by atoms with Gasteiger partial charge in [-0.2, -0.15) is 0 Å². The molecule has 0 aliphatic carbocycles. The van der Waals surface area contributed by atoms with E-state index in [4.69, 9.17) is 0 Å². The molecule has 88 valence electrons. The molecule has 2 aliphatic heterocycles. The molecule has 1 nitrogen and oxygen atoms in total. The van der Waals surface area contributed by atoms with Crippen LogP contribution in [0.2, 0.25) is 0 Å². The largest absolute Gasteiger partial charge is 0.297 e. The summed E-state index contributed by atoms with van der Waals surface area (Å²) in [6.07, 6.45) is 14.7. The fourth-order valence-corrected chi connectivity index (χ4v) is 3.49. The molecule has 0 aromatic carbocycles. The summed E-state index contributed by atoms with van der Waals surface area (Å²) in [6.45, 7) is 3.70.